The predicted molar refractivity (Wildman–Crippen MR) is 126 cm³/mol. The summed E-state index contributed by atoms with van der Waals surface area (Å²) in [5.41, 5.74) is 6.94. The van der Waals surface area contributed by atoms with Crippen LogP contribution in [0.5, 0.6) is 5.75 Å². The van der Waals surface area contributed by atoms with Gasteiger partial charge in [0.05, 0.1) is 30.2 Å². The molecule has 0 unspecified atom stereocenters. The van der Waals surface area contributed by atoms with Gasteiger partial charge in [0.15, 0.2) is 0 Å². The van der Waals surface area contributed by atoms with Crippen molar-refractivity contribution >= 4 is 21.9 Å². The van der Waals surface area contributed by atoms with Crippen molar-refractivity contribution in [2.75, 3.05) is 7.11 Å². The van der Waals surface area contributed by atoms with Gasteiger partial charge < -0.3 is 9.72 Å². The van der Waals surface area contributed by atoms with Crippen molar-refractivity contribution in [1.29, 1.82) is 0 Å². The first-order valence-corrected chi connectivity index (χ1v) is 10.4. The van der Waals surface area contributed by atoms with E-state index in [-0.39, 0.29) is 5.82 Å². The first-order valence-electron chi connectivity index (χ1n) is 10.4. The van der Waals surface area contributed by atoms with Gasteiger partial charge in [-0.15, -0.1) is 0 Å². The van der Waals surface area contributed by atoms with Gasteiger partial charge in [0.2, 0.25) is 0 Å². The molecule has 0 bridgehead atoms. The number of H-pyrrole nitrogens is 2. The first kappa shape index (κ1) is 19.2. The minimum Gasteiger partial charge on any atom is -0.495 e. The molecule has 2 aromatic carbocycles. The quantitative estimate of drug-likeness (QED) is 0.357. The normalized spacial score (nSPS) is 11.3. The number of ether oxygens (including phenoxy) is 1. The lowest BCUT2D eigenvalue weighted by molar-refractivity contribution is 0.413. The van der Waals surface area contributed by atoms with Gasteiger partial charge in [0, 0.05) is 28.2 Å². The zero-order chi connectivity index (χ0) is 22.4. The number of aromatic amines is 2. The van der Waals surface area contributed by atoms with Gasteiger partial charge in [-0.25, -0.2) is 9.37 Å². The van der Waals surface area contributed by atoms with Crippen LogP contribution >= 0.6 is 0 Å². The fraction of sp³-hybridized carbons (Fsp3) is 0.0385. The number of rotatable bonds is 4. The lowest BCUT2D eigenvalue weighted by Crippen LogP contribution is -1.89. The van der Waals surface area contributed by atoms with Crippen LogP contribution in [0.1, 0.15) is 0 Å². The molecule has 0 fully saturated rings. The molecule has 4 aromatic heterocycles. The summed E-state index contributed by atoms with van der Waals surface area (Å²) in [5.74, 6) is 0.411. The number of nitrogens with zero attached hydrogens (tertiary/aromatic N) is 3. The molecule has 6 rings (SSSR count). The highest BCUT2D eigenvalue weighted by Gasteiger charge is 2.16. The molecule has 7 heteroatoms. The maximum absolute atomic E-state index is 14.5. The standard InChI is InChI=1S/C26H18FN5O/c1-33-16-11-15(13-28-14-16)21-9-10-23-25(30-21)26(32-31-23)24-12-19-17(6-4-8-22(19)29-24)18-5-2-3-7-20(18)27/h2-14,29H,1H3,(H,31,32). The van der Waals surface area contributed by atoms with E-state index in [0.29, 0.717) is 17.0 Å². The van der Waals surface area contributed by atoms with E-state index in [4.69, 9.17) is 9.72 Å². The summed E-state index contributed by atoms with van der Waals surface area (Å²) < 4.78 is 19.8. The molecule has 0 aliphatic heterocycles. The molecule has 6 aromatic rings. The minimum absolute atomic E-state index is 0.254. The number of benzene rings is 2. The van der Waals surface area contributed by atoms with Gasteiger partial charge in [0.1, 0.15) is 22.8 Å². The monoisotopic (exact) mass is 435 g/mol. The summed E-state index contributed by atoms with van der Waals surface area (Å²) in [5, 5.41) is 8.49. The van der Waals surface area contributed by atoms with E-state index in [9.17, 15) is 4.39 Å². The Balaban J connectivity index is 1.50. The van der Waals surface area contributed by atoms with Crippen molar-refractivity contribution in [2.24, 2.45) is 0 Å². The first-order chi connectivity index (χ1) is 16.2. The molecule has 0 saturated heterocycles. The average Bonchev–Trinajstić information content (AvgIpc) is 3.48. The summed E-state index contributed by atoms with van der Waals surface area (Å²) in [6.07, 6.45) is 3.41. The zero-order valence-electron chi connectivity index (χ0n) is 17.6. The topological polar surface area (TPSA) is 79.5 Å². The molecule has 0 radical (unpaired) electrons. The molecule has 0 aliphatic carbocycles. The van der Waals surface area contributed by atoms with Crippen LogP contribution < -0.4 is 4.74 Å². The van der Waals surface area contributed by atoms with Crippen LogP contribution in [0.2, 0.25) is 0 Å². The van der Waals surface area contributed by atoms with E-state index < -0.39 is 0 Å². The Hall–Kier alpha value is -4.52. The molecule has 0 atom stereocenters. The summed E-state index contributed by atoms with van der Waals surface area (Å²) in [6, 6.07) is 20.4. The van der Waals surface area contributed by atoms with Crippen LogP contribution in [0.15, 0.2) is 79.1 Å². The van der Waals surface area contributed by atoms with Gasteiger partial charge in [-0.3, -0.25) is 10.1 Å². The molecule has 0 aliphatic rings. The number of fused-ring (bicyclic) bond motifs is 2. The van der Waals surface area contributed by atoms with Crippen molar-refractivity contribution in [3.63, 3.8) is 0 Å². The highest BCUT2D eigenvalue weighted by atomic mass is 19.1. The predicted octanol–water partition coefficient (Wildman–Crippen LogP) is 5.98. The number of hydrogen-bond donors (Lipinski definition) is 2. The number of aromatic nitrogens is 5. The maximum Gasteiger partial charge on any atom is 0.137 e. The van der Waals surface area contributed by atoms with Gasteiger partial charge in [-0.05, 0) is 42.0 Å². The zero-order valence-corrected chi connectivity index (χ0v) is 17.6. The fourth-order valence-electron chi connectivity index (χ4n) is 4.12. The lowest BCUT2D eigenvalue weighted by atomic mass is 10.0. The molecular formula is C26H18FN5O. The highest BCUT2D eigenvalue weighted by molar-refractivity contribution is 6.00. The van der Waals surface area contributed by atoms with E-state index in [1.165, 1.54) is 6.07 Å². The minimum atomic E-state index is -0.254. The van der Waals surface area contributed by atoms with E-state index in [1.807, 2.05) is 48.5 Å². The number of nitrogens with one attached hydrogen (secondary N) is 2. The van der Waals surface area contributed by atoms with Crippen LogP contribution in [-0.4, -0.2) is 32.3 Å². The third-order valence-electron chi connectivity index (χ3n) is 5.74. The number of pyridine rings is 2. The Bertz CT molecular complexity index is 1640. The van der Waals surface area contributed by atoms with Crippen molar-refractivity contribution in [3.05, 3.63) is 84.9 Å². The van der Waals surface area contributed by atoms with Crippen molar-refractivity contribution in [2.45, 2.75) is 0 Å². The molecule has 0 spiro atoms. The third kappa shape index (κ3) is 3.22. The lowest BCUT2D eigenvalue weighted by Gasteiger charge is -2.04. The van der Waals surface area contributed by atoms with E-state index in [1.54, 1.807) is 31.6 Å². The second-order valence-corrected chi connectivity index (χ2v) is 7.71. The average molecular weight is 435 g/mol. The number of halogens is 1. The Morgan fingerprint density at radius 3 is 2.64 bits per heavy atom. The highest BCUT2D eigenvalue weighted by Crippen LogP contribution is 2.35. The van der Waals surface area contributed by atoms with Gasteiger partial charge in [-0.1, -0.05) is 30.3 Å². The van der Waals surface area contributed by atoms with Crippen molar-refractivity contribution in [3.8, 4) is 39.5 Å². The molecule has 4 heterocycles. The summed E-state index contributed by atoms with van der Waals surface area (Å²) >= 11 is 0. The second-order valence-electron chi connectivity index (χ2n) is 7.71. The molecule has 0 saturated carbocycles. The second kappa shape index (κ2) is 7.56. The van der Waals surface area contributed by atoms with Gasteiger partial charge in [-0.2, -0.15) is 5.10 Å². The van der Waals surface area contributed by atoms with Crippen LogP contribution in [0.25, 0.3) is 55.7 Å². The van der Waals surface area contributed by atoms with Crippen LogP contribution in [-0.2, 0) is 0 Å². The summed E-state index contributed by atoms with van der Waals surface area (Å²) in [4.78, 5) is 12.5. The molecular weight excluding hydrogens is 417 g/mol. The Labute approximate surface area is 188 Å². The number of hydrogen-bond acceptors (Lipinski definition) is 4. The fourth-order valence-corrected chi connectivity index (χ4v) is 4.12. The molecule has 33 heavy (non-hydrogen) atoms. The summed E-state index contributed by atoms with van der Waals surface area (Å²) in [6.45, 7) is 0. The van der Waals surface area contributed by atoms with Crippen molar-refractivity contribution < 1.29 is 9.13 Å². The van der Waals surface area contributed by atoms with Gasteiger partial charge >= 0.3 is 0 Å². The molecule has 6 nitrogen and oxygen atoms in total. The smallest absolute Gasteiger partial charge is 0.137 e. The van der Waals surface area contributed by atoms with Crippen LogP contribution in [0, 0.1) is 5.82 Å². The number of methoxy groups -OCH3 is 1. The Morgan fingerprint density at radius 1 is 0.879 bits per heavy atom. The maximum atomic E-state index is 14.5. The van der Waals surface area contributed by atoms with E-state index in [2.05, 4.69) is 20.2 Å². The van der Waals surface area contributed by atoms with Crippen LogP contribution in [0.4, 0.5) is 4.39 Å². The Kier molecular flexibility index (Phi) is 4.40. The summed E-state index contributed by atoms with van der Waals surface area (Å²) in [7, 11) is 1.61. The SMILES string of the molecule is COc1cncc(-c2ccc3[nH]nc(-c4cc5c(-c6ccccc6F)cccc5[nH]4)c3n2)c1. The van der Waals surface area contributed by atoms with E-state index >= 15 is 0 Å². The van der Waals surface area contributed by atoms with Gasteiger partial charge in [0.25, 0.3) is 0 Å². The van der Waals surface area contributed by atoms with Crippen LogP contribution in [0.3, 0.4) is 0 Å². The third-order valence-corrected chi connectivity index (χ3v) is 5.74. The molecule has 2 N–H and O–H groups in total. The molecule has 160 valence electrons. The van der Waals surface area contributed by atoms with E-state index in [0.717, 1.165) is 44.5 Å². The largest absolute Gasteiger partial charge is 0.495 e. The van der Waals surface area contributed by atoms with Crippen molar-refractivity contribution in [1.82, 2.24) is 25.1 Å². The Morgan fingerprint density at radius 2 is 1.76 bits per heavy atom. The molecule has 0 amide bonds.